The maximum absolute atomic E-state index is 10.5. The van der Waals surface area contributed by atoms with Gasteiger partial charge in [-0.1, -0.05) is 82.7 Å². The molecule has 0 heterocycles. The second-order valence-corrected chi connectivity index (χ2v) is 6.31. The molecule has 3 unspecified atom stereocenters. The van der Waals surface area contributed by atoms with Crippen molar-refractivity contribution in [1.82, 2.24) is 0 Å². The summed E-state index contributed by atoms with van der Waals surface area (Å²) in [5.41, 5.74) is 0.989. The number of aliphatic hydroxyl groups excluding tert-OH is 1. The van der Waals surface area contributed by atoms with E-state index in [4.69, 9.17) is 5.21 Å². The first-order valence-electron chi connectivity index (χ1n) is 8.59. The van der Waals surface area contributed by atoms with Crippen molar-refractivity contribution in [1.29, 1.82) is 0 Å². The molecule has 0 aliphatic carbocycles. The molecule has 0 fully saturated rings. The Morgan fingerprint density at radius 1 is 1.09 bits per heavy atom. The first-order valence-corrected chi connectivity index (χ1v) is 8.59. The largest absolute Gasteiger partial charge is 0.411 e. The molecule has 3 nitrogen and oxygen atoms in total. The summed E-state index contributed by atoms with van der Waals surface area (Å²) in [4.78, 5) is 0. The second-order valence-electron chi connectivity index (χ2n) is 6.31. The van der Waals surface area contributed by atoms with E-state index in [1.54, 1.807) is 0 Å². The highest BCUT2D eigenvalue weighted by molar-refractivity contribution is 5.68. The van der Waals surface area contributed by atoms with Crippen LogP contribution in [0.5, 0.6) is 0 Å². The predicted octanol–water partition coefficient (Wildman–Crippen LogP) is 4.98. The summed E-state index contributed by atoms with van der Waals surface area (Å²) in [5, 5.41) is 22.5. The Kier molecular flexibility index (Phi) is 9.56. The Balaban J connectivity index is 2.44. The third-order valence-corrected chi connectivity index (χ3v) is 4.27. The van der Waals surface area contributed by atoms with Gasteiger partial charge in [0.05, 0.1) is 12.3 Å². The zero-order valence-corrected chi connectivity index (χ0v) is 14.0. The van der Waals surface area contributed by atoms with Crippen molar-refractivity contribution in [2.45, 2.75) is 70.8 Å². The lowest BCUT2D eigenvalue weighted by molar-refractivity contribution is 0.134. The normalized spacial score (nSPS) is 15.8. The molecule has 0 aliphatic heterocycles. The SMILES string of the molecule is CCCCCCCC(C)CC(O)C(C=NO)c1ccccc1. The van der Waals surface area contributed by atoms with Crippen LogP contribution in [-0.2, 0) is 0 Å². The van der Waals surface area contributed by atoms with Crippen molar-refractivity contribution in [2.24, 2.45) is 11.1 Å². The minimum atomic E-state index is -0.510. The fraction of sp³-hybridized carbons (Fsp3) is 0.632. The van der Waals surface area contributed by atoms with Crippen LogP contribution >= 0.6 is 0 Å². The van der Waals surface area contributed by atoms with Crippen LogP contribution in [0.25, 0.3) is 0 Å². The summed E-state index contributed by atoms with van der Waals surface area (Å²) in [5.74, 6) is 0.240. The number of unbranched alkanes of at least 4 members (excludes halogenated alkanes) is 4. The lowest BCUT2D eigenvalue weighted by Gasteiger charge is -2.22. The second kappa shape index (κ2) is 11.2. The summed E-state index contributed by atoms with van der Waals surface area (Å²) < 4.78 is 0. The van der Waals surface area contributed by atoms with E-state index in [0.29, 0.717) is 5.92 Å². The number of hydrogen-bond acceptors (Lipinski definition) is 3. The van der Waals surface area contributed by atoms with Gasteiger partial charge in [-0.25, -0.2) is 0 Å². The van der Waals surface area contributed by atoms with E-state index in [0.717, 1.165) is 18.4 Å². The van der Waals surface area contributed by atoms with Gasteiger partial charge in [0, 0.05) is 5.92 Å². The van der Waals surface area contributed by atoms with Crippen LogP contribution in [-0.4, -0.2) is 22.6 Å². The number of hydrogen-bond donors (Lipinski definition) is 2. The number of benzene rings is 1. The molecule has 0 radical (unpaired) electrons. The zero-order chi connectivity index (χ0) is 16.2. The first-order chi connectivity index (χ1) is 10.7. The van der Waals surface area contributed by atoms with Crippen LogP contribution < -0.4 is 0 Å². The summed E-state index contributed by atoms with van der Waals surface area (Å²) in [7, 11) is 0. The van der Waals surface area contributed by atoms with Crippen molar-refractivity contribution in [3.8, 4) is 0 Å². The van der Waals surface area contributed by atoms with Gasteiger partial charge in [-0.2, -0.15) is 0 Å². The Bertz CT molecular complexity index is 405. The fourth-order valence-corrected chi connectivity index (χ4v) is 2.93. The minimum Gasteiger partial charge on any atom is -0.411 e. The lowest BCUT2D eigenvalue weighted by atomic mass is 9.87. The van der Waals surface area contributed by atoms with Crippen molar-refractivity contribution >= 4 is 6.21 Å². The van der Waals surface area contributed by atoms with Gasteiger partial charge in [0.1, 0.15) is 0 Å². The molecule has 0 bridgehead atoms. The Hall–Kier alpha value is -1.35. The summed E-state index contributed by atoms with van der Waals surface area (Å²) in [6.07, 6.45) is 9.24. The number of oxime groups is 1. The molecule has 3 atom stereocenters. The van der Waals surface area contributed by atoms with E-state index >= 15 is 0 Å². The quantitative estimate of drug-likeness (QED) is 0.262. The van der Waals surface area contributed by atoms with Crippen molar-refractivity contribution < 1.29 is 10.3 Å². The van der Waals surface area contributed by atoms with Crippen molar-refractivity contribution in [3.63, 3.8) is 0 Å². The maximum atomic E-state index is 10.5. The molecular weight excluding hydrogens is 274 g/mol. The van der Waals surface area contributed by atoms with Gasteiger partial charge >= 0.3 is 0 Å². The van der Waals surface area contributed by atoms with E-state index in [9.17, 15) is 5.11 Å². The minimum absolute atomic E-state index is 0.242. The predicted molar refractivity (Wildman–Crippen MR) is 92.6 cm³/mol. The van der Waals surface area contributed by atoms with Crippen molar-refractivity contribution in [3.05, 3.63) is 35.9 Å². The standard InChI is InChI=1S/C19H31NO2/c1-3-4-5-6-8-11-16(2)14-19(21)18(15-20-22)17-12-9-7-10-13-17/h7,9-10,12-13,15-16,18-19,21-22H,3-6,8,11,14H2,1-2H3. The van der Waals surface area contributed by atoms with E-state index < -0.39 is 6.10 Å². The molecule has 0 amide bonds. The molecule has 0 saturated carbocycles. The average molecular weight is 305 g/mol. The van der Waals surface area contributed by atoms with Crippen LogP contribution in [0.4, 0.5) is 0 Å². The molecule has 0 saturated heterocycles. The highest BCUT2D eigenvalue weighted by Crippen LogP contribution is 2.25. The van der Waals surface area contributed by atoms with Gasteiger partial charge in [-0.15, -0.1) is 5.16 Å². The Morgan fingerprint density at radius 3 is 2.41 bits per heavy atom. The van der Waals surface area contributed by atoms with Crippen molar-refractivity contribution in [2.75, 3.05) is 0 Å². The smallest absolute Gasteiger partial charge is 0.0662 e. The lowest BCUT2D eigenvalue weighted by Crippen LogP contribution is -2.22. The molecule has 0 spiro atoms. The zero-order valence-electron chi connectivity index (χ0n) is 14.0. The molecule has 1 aromatic carbocycles. The summed E-state index contributed by atoms with van der Waals surface area (Å²) in [6.45, 7) is 4.42. The fourth-order valence-electron chi connectivity index (χ4n) is 2.93. The van der Waals surface area contributed by atoms with Crippen LogP contribution in [0.3, 0.4) is 0 Å². The van der Waals surface area contributed by atoms with Gasteiger partial charge in [0.15, 0.2) is 0 Å². The first kappa shape index (κ1) is 18.7. The van der Waals surface area contributed by atoms with Gasteiger partial charge in [0.25, 0.3) is 0 Å². The molecule has 3 heteroatoms. The Morgan fingerprint density at radius 2 is 1.77 bits per heavy atom. The van der Waals surface area contributed by atoms with E-state index in [-0.39, 0.29) is 5.92 Å². The van der Waals surface area contributed by atoms with Crippen LogP contribution in [0.15, 0.2) is 35.5 Å². The van der Waals surface area contributed by atoms with Crippen LogP contribution in [0.1, 0.15) is 70.3 Å². The number of rotatable bonds is 11. The average Bonchev–Trinajstić information content (AvgIpc) is 2.53. The highest BCUT2D eigenvalue weighted by atomic mass is 16.4. The third kappa shape index (κ3) is 7.08. The Labute approximate surface area is 135 Å². The molecular formula is C19H31NO2. The molecule has 2 N–H and O–H groups in total. The molecule has 22 heavy (non-hydrogen) atoms. The highest BCUT2D eigenvalue weighted by Gasteiger charge is 2.21. The van der Waals surface area contributed by atoms with Crippen LogP contribution in [0.2, 0.25) is 0 Å². The third-order valence-electron chi connectivity index (χ3n) is 4.27. The molecule has 1 rings (SSSR count). The molecule has 124 valence electrons. The summed E-state index contributed by atoms with van der Waals surface area (Å²) in [6, 6.07) is 9.76. The maximum Gasteiger partial charge on any atom is 0.0662 e. The van der Waals surface area contributed by atoms with E-state index in [1.165, 1.54) is 38.3 Å². The van der Waals surface area contributed by atoms with E-state index in [1.807, 2.05) is 30.3 Å². The topological polar surface area (TPSA) is 52.8 Å². The van der Waals surface area contributed by atoms with Gasteiger partial charge < -0.3 is 10.3 Å². The summed E-state index contributed by atoms with van der Waals surface area (Å²) >= 11 is 0. The van der Waals surface area contributed by atoms with Gasteiger partial charge in [-0.05, 0) is 17.9 Å². The van der Waals surface area contributed by atoms with E-state index in [2.05, 4.69) is 19.0 Å². The van der Waals surface area contributed by atoms with Gasteiger partial charge in [0.2, 0.25) is 0 Å². The number of aliphatic hydroxyl groups is 1. The van der Waals surface area contributed by atoms with Crippen LogP contribution in [0, 0.1) is 5.92 Å². The molecule has 0 aromatic heterocycles. The molecule has 0 aliphatic rings. The molecule has 1 aromatic rings. The number of nitrogens with zero attached hydrogens (tertiary/aromatic N) is 1. The van der Waals surface area contributed by atoms with Gasteiger partial charge in [-0.3, -0.25) is 0 Å². The monoisotopic (exact) mass is 305 g/mol.